The fourth-order valence-electron chi connectivity index (χ4n) is 4.27. The number of ether oxygens (including phenoxy) is 1. The molecule has 1 aromatic carbocycles. The predicted octanol–water partition coefficient (Wildman–Crippen LogP) is 3.44. The van der Waals surface area contributed by atoms with Gasteiger partial charge in [-0.15, -0.1) is 0 Å². The highest BCUT2D eigenvalue weighted by molar-refractivity contribution is 9.10. The smallest absolute Gasteiger partial charge is 0.0898 e. The largest absolute Gasteiger partial charge is 0.394 e. The van der Waals surface area contributed by atoms with Gasteiger partial charge in [0.15, 0.2) is 0 Å². The van der Waals surface area contributed by atoms with E-state index in [9.17, 15) is 10.2 Å². The van der Waals surface area contributed by atoms with E-state index < -0.39 is 6.10 Å². The molecule has 3 N–H and O–H groups in total. The van der Waals surface area contributed by atoms with Gasteiger partial charge in [0.25, 0.3) is 0 Å². The molecule has 4 nitrogen and oxygen atoms in total. The first-order valence-corrected chi connectivity index (χ1v) is 10.3. The van der Waals surface area contributed by atoms with Gasteiger partial charge in [-0.2, -0.15) is 0 Å². The molecule has 5 heteroatoms. The number of aliphatic hydroxyl groups excluding tert-OH is 2. The highest BCUT2D eigenvalue weighted by Gasteiger charge is 2.50. The summed E-state index contributed by atoms with van der Waals surface area (Å²) in [6.45, 7) is 6.01. The van der Waals surface area contributed by atoms with Crippen LogP contribution in [-0.2, 0) is 4.74 Å². The van der Waals surface area contributed by atoms with Crippen molar-refractivity contribution in [3.05, 3.63) is 46.0 Å². The van der Waals surface area contributed by atoms with Crippen molar-refractivity contribution in [2.45, 2.75) is 38.8 Å². The molecule has 3 aliphatic carbocycles. The molecule has 4 atom stereocenters. The highest BCUT2D eigenvalue weighted by atomic mass is 79.9. The summed E-state index contributed by atoms with van der Waals surface area (Å²) in [4.78, 5) is 0. The van der Waals surface area contributed by atoms with Gasteiger partial charge < -0.3 is 20.3 Å². The maximum Gasteiger partial charge on any atom is 0.0898 e. The minimum atomic E-state index is -0.592. The lowest BCUT2D eigenvalue weighted by molar-refractivity contribution is -0.0237. The molecule has 1 fully saturated rings. The molecule has 0 heterocycles. The van der Waals surface area contributed by atoms with Gasteiger partial charge in [-0.25, -0.2) is 0 Å². The van der Waals surface area contributed by atoms with Crippen LogP contribution < -0.4 is 5.32 Å². The Hall–Kier alpha value is -0.720. The number of benzene rings is 1. The van der Waals surface area contributed by atoms with Crippen molar-refractivity contribution in [3.8, 4) is 0 Å². The monoisotopic (exact) mass is 423 g/mol. The number of halogens is 1. The number of fused-ring (bicyclic) bond motifs is 1. The lowest BCUT2D eigenvalue weighted by atomic mass is 9.49. The third-order valence-corrected chi connectivity index (χ3v) is 6.75. The van der Waals surface area contributed by atoms with Crippen molar-refractivity contribution in [1.29, 1.82) is 0 Å². The molecule has 0 radical (unpaired) electrons. The molecule has 0 spiro atoms. The van der Waals surface area contributed by atoms with Crippen molar-refractivity contribution < 1.29 is 14.9 Å². The average molecular weight is 424 g/mol. The highest BCUT2D eigenvalue weighted by Crippen LogP contribution is 2.59. The van der Waals surface area contributed by atoms with E-state index in [-0.39, 0.29) is 12.6 Å². The molecular formula is C21H30BrNO3. The van der Waals surface area contributed by atoms with Crippen LogP contribution >= 0.6 is 15.9 Å². The molecule has 0 aliphatic heterocycles. The molecule has 1 aromatic rings. The van der Waals surface area contributed by atoms with E-state index in [0.717, 1.165) is 22.4 Å². The van der Waals surface area contributed by atoms with Crippen LogP contribution in [0.15, 0.2) is 40.4 Å². The SMILES string of the molecule is CC1(C)C2CC=C(COCC(O)CNC(CO)c3ccc(Br)cc3)C1C2. The number of nitrogens with one attached hydrogen (secondary N) is 1. The fourth-order valence-corrected chi connectivity index (χ4v) is 4.54. The number of hydrogen-bond donors (Lipinski definition) is 3. The Morgan fingerprint density at radius 2 is 2.04 bits per heavy atom. The zero-order valence-electron chi connectivity index (χ0n) is 15.6. The van der Waals surface area contributed by atoms with Crippen LogP contribution in [0, 0.1) is 17.3 Å². The van der Waals surface area contributed by atoms with Gasteiger partial charge >= 0.3 is 0 Å². The molecule has 144 valence electrons. The number of aliphatic hydroxyl groups is 2. The van der Waals surface area contributed by atoms with Crippen LogP contribution in [0.5, 0.6) is 0 Å². The molecule has 0 amide bonds. The van der Waals surface area contributed by atoms with E-state index in [1.165, 1.54) is 12.0 Å². The summed E-state index contributed by atoms with van der Waals surface area (Å²) in [7, 11) is 0. The van der Waals surface area contributed by atoms with Gasteiger partial charge in [0.2, 0.25) is 0 Å². The summed E-state index contributed by atoms with van der Waals surface area (Å²) in [5.74, 6) is 1.48. The van der Waals surface area contributed by atoms with E-state index in [1.54, 1.807) is 0 Å². The van der Waals surface area contributed by atoms with E-state index >= 15 is 0 Å². The Bertz CT molecular complexity index is 629. The lowest BCUT2D eigenvalue weighted by Crippen LogP contribution is -2.48. The first-order chi connectivity index (χ1) is 12.4. The second-order valence-corrected chi connectivity index (χ2v) is 9.10. The third kappa shape index (κ3) is 4.39. The summed E-state index contributed by atoms with van der Waals surface area (Å²) in [6.07, 6.45) is 4.20. The molecule has 26 heavy (non-hydrogen) atoms. The van der Waals surface area contributed by atoms with Gasteiger partial charge in [0.05, 0.1) is 32.0 Å². The molecule has 0 saturated heterocycles. The van der Waals surface area contributed by atoms with Crippen molar-refractivity contribution in [3.63, 3.8) is 0 Å². The zero-order valence-corrected chi connectivity index (χ0v) is 17.2. The van der Waals surface area contributed by atoms with E-state index in [1.807, 2.05) is 24.3 Å². The number of allylic oxidation sites excluding steroid dienone is 1. The first kappa shape index (κ1) is 20.0. The minimum absolute atomic E-state index is 0.0139. The zero-order chi connectivity index (χ0) is 18.7. The molecular weight excluding hydrogens is 394 g/mol. The Morgan fingerprint density at radius 3 is 2.65 bits per heavy atom. The van der Waals surface area contributed by atoms with Crippen LogP contribution in [0.3, 0.4) is 0 Å². The van der Waals surface area contributed by atoms with Crippen LogP contribution in [0.2, 0.25) is 0 Å². The average Bonchev–Trinajstić information content (AvgIpc) is 2.63. The Labute approximate surface area is 164 Å². The van der Waals surface area contributed by atoms with Gasteiger partial charge in [-0.05, 0) is 53.4 Å². The summed E-state index contributed by atoms with van der Waals surface area (Å²) in [6, 6.07) is 7.63. The van der Waals surface area contributed by atoms with Crippen molar-refractivity contribution >= 4 is 15.9 Å². The minimum Gasteiger partial charge on any atom is -0.394 e. The fraction of sp³-hybridized carbons (Fsp3) is 0.619. The van der Waals surface area contributed by atoms with E-state index in [4.69, 9.17) is 4.74 Å². The topological polar surface area (TPSA) is 61.7 Å². The van der Waals surface area contributed by atoms with Gasteiger partial charge in [-0.1, -0.05) is 48.0 Å². The third-order valence-electron chi connectivity index (χ3n) is 6.22. The molecule has 4 unspecified atom stereocenters. The second kappa shape index (κ2) is 8.53. The van der Waals surface area contributed by atoms with Crippen LogP contribution in [-0.4, -0.2) is 42.7 Å². The van der Waals surface area contributed by atoms with Crippen LogP contribution in [0.4, 0.5) is 0 Å². The second-order valence-electron chi connectivity index (χ2n) is 8.19. The maximum atomic E-state index is 10.2. The summed E-state index contributed by atoms with van der Waals surface area (Å²) in [5, 5.41) is 23.0. The standard InChI is InChI=1S/C21H30BrNO3/c1-21(2)16-6-3-15(19(21)9-16)12-26-13-18(25)10-23-20(11-24)14-4-7-17(22)8-5-14/h3-5,7-8,16,18-20,23-25H,6,9-13H2,1-2H3. The molecule has 2 bridgehead atoms. The first-order valence-electron chi connectivity index (χ1n) is 9.46. The lowest BCUT2D eigenvalue weighted by Gasteiger charge is -2.56. The van der Waals surface area contributed by atoms with Crippen molar-refractivity contribution in [2.24, 2.45) is 17.3 Å². The van der Waals surface area contributed by atoms with Crippen LogP contribution in [0.1, 0.15) is 38.3 Å². The normalized spacial score (nSPS) is 26.0. The maximum absolute atomic E-state index is 10.2. The molecule has 4 rings (SSSR count). The Morgan fingerprint density at radius 1 is 1.31 bits per heavy atom. The van der Waals surface area contributed by atoms with E-state index in [0.29, 0.717) is 31.1 Å². The summed E-state index contributed by atoms with van der Waals surface area (Å²) >= 11 is 3.41. The number of rotatable bonds is 9. The quantitative estimate of drug-likeness (QED) is 0.532. The predicted molar refractivity (Wildman–Crippen MR) is 107 cm³/mol. The van der Waals surface area contributed by atoms with Crippen molar-refractivity contribution in [2.75, 3.05) is 26.4 Å². The summed E-state index contributed by atoms with van der Waals surface area (Å²) < 4.78 is 6.79. The summed E-state index contributed by atoms with van der Waals surface area (Å²) in [5.41, 5.74) is 2.81. The Balaban J connectivity index is 1.39. The molecule has 3 aliphatic rings. The van der Waals surface area contributed by atoms with E-state index in [2.05, 4.69) is 41.2 Å². The van der Waals surface area contributed by atoms with Crippen molar-refractivity contribution in [1.82, 2.24) is 5.32 Å². The van der Waals surface area contributed by atoms with Gasteiger partial charge in [0.1, 0.15) is 0 Å². The van der Waals surface area contributed by atoms with Gasteiger partial charge in [0, 0.05) is 11.0 Å². The number of hydrogen-bond acceptors (Lipinski definition) is 4. The van der Waals surface area contributed by atoms with Crippen LogP contribution in [0.25, 0.3) is 0 Å². The van der Waals surface area contributed by atoms with Gasteiger partial charge in [-0.3, -0.25) is 0 Å². The Kier molecular flexibility index (Phi) is 6.57. The molecule has 0 aromatic heterocycles. The molecule has 1 saturated carbocycles.